The van der Waals surface area contributed by atoms with Crippen molar-refractivity contribution < 1.29 is 19.4 Å². The number of ether oxygens (including phenoxy) is 1. The van der Waals surface area contributed by atoms with E-state index in [2.05, 4.69) is 25.9 Å². The molecule has 2 fully saturated rings. The number of nitrogens with one attached hydrogen (secondary N) is 3. The maximum Gasteiger partial charge on any atom is 0.253 e. The first-order chi connectivity index (χ1) is 14.5. The zero-order valence-electron chi connectivity index (χ0n) is 16.9. The minimum Gasteiger partial charge on any atom is -0.388 e. The molecule has 1 aliphatic heterocycles. The van der Waals surface area contributed by atoms with E-state index in [1.165, 1.54) is 0 Å². The molecule has 9 heteroatoms. The van der Waals surface area contributed by atoms with Crippen molar-refractivity contribution in [3.8, 4) is 0 Å². The summed E-state index contributed by atoms with van der Waals surface area (Å²) in [7, 11) is 0. The molecule has 4 rings (SSSR count). The van der Waals surface area contributed by atoms with Gasteiger partial charge in [0.25, 0.3) is 5.91 Å². The second-order valence-electron chi connectivity index (χ2n) is 8.02. The molecule has 0 unspecified atom stereocenters. The second kappa shape index (κ2) is 8.93. The highest BCUT2D eigenvalue weighted by Gasteiger charge is 2.28. The predicted octanol–water partition coefficient (Wildman–Crippen LogP) is 0.978. The van der Waals surface area contributed by atoms with Crippen LogP contribution in [0.4, 0.5) is 5.95 Å². The van der Waals surface area contributed by atoms with E-state index in [4.69, 9.17) is 4.74 Å². The highest BCUT2D eigenvalue weighted by molar-refractivity contribution is 6.05. The molecule has 2 amide bonds. The molecule has 0 bridgehead atoms. The van der Waals surface area contributed by atoms with E-state index < -0.39 is 12.1 Å². The van der Waals surface area contributed by atoms with E-state index in [1.54, 1.807) is 25.3 Å². The van der Waals surface area contributed by atoms with Crippen LogP contribution in [-0.2, 0) is 9.53 Å². The van der Waals surface area contributed by atoms with Crippen LogP contribution >= 0.6 is 0 Å². The molecule has 2 heterocycles. The Balaban J connectivity index is 1.46. The Bertz CT molecular complexity index is 929. The lowest BCUT2D eigenvalue weighted by Gasteiger charge is -2.29. The van der Waals surface area contributed by atoms with Crippen molar-refractivity contribution in [1.29, 1.82) is 0 Å². The predicted molar refractivity (Wildman–Crippen MR) is 111 cm³/mol. The van der Waals surface area contributed by atoms with Crippen LogP contribution in [-0.4, -0.2) is 64.3 Å². The van der Waals surface area contributed by atoms with Crippen molar-refractivity contribution in [2.75, 3.05) is 18.5 Å². The van der Waals surface area contributed by atoms with Gasteiger partial charge in [-0.2, -0.15) is 0 Å². The Morgan fingerprint density at radius 2 is 1.87 bits per heavy atom. The van der Waals surface area contributed by atoms with E-state index in [1.807, 2.05) is 6.07 Å². The third-order valence-electron chi connectivity index (χ3n) is 5.69. The molecule has 9 nitrogen and oxygen atoms in total. The largest absolute Gasteiger partial charge is 0.388 e. The van der Waals surface area contributed by atoms with E-state index >= 15 is 0 Å². The number of anilines is 1. The van der Waals surface area contributed by atoms with Crippen LogP contribution in [0.5, 0.6) is 0 Å². The first kappa shape index (κ1) is 20.5. The standard InChI is InChI=1S/C21H27N5O4/c1-12(27)23-14-5-7-15(8-6-14)24-21-22-9-13-3-2-4-16(19(13)26-21)20(29)25-17-10-30-11-18(17)28/h2-4,9,14-15,17-18,28H,5-8,10-11H2,1H3,(H,23,27)(H,25,29)(H,22,24,26)/t14-,15-,17-,18-/m0/s1. The summed E-state index contributed by atoms with van der Waals surface area (Å²) in [5, 5.41) is 19.8. The molecule has 1 aliphatic carbocycles. The van der Waals surface area contributed by atoms with E-state index in [-0.39, 0.29) is 30.5 Å². The average Bonchev–Trinajstić information content (AvgIpc) is 3.13. The molecule has 2 aliphatic rings. The summed E-state index contributed by atoms with van der Waals surface area (Å²) in [6.07, 6.45) is 4.64. The summed E-state index contributed by atoms with van der Waals surface area (Å²) in [4.78, 5) is 33.0. The van der Waals surface area contributed by atoms with Gasteiger partial charge in [-0.15, -0.1) is 0 Å². The van der Waals surface area contributed by atoms with Gasteiger partial charge in [0.15, 0.2) is 0 Å². The van der Waals surface area contributed by atoms with Crippen molar-refractivity contribution in [2.45, 2.75) is 56.8 Å². The third-order valence-corrected chi connectivity index (χ3v) is 5.69. The molecular weight excluding hydrogens is 386 g/mol. The zero-order chi connectivity index (χ0) is 21.1. The normalized spacial score (nSPS) is 26.3. The molecule has 1 saturated heterocycles. The number of aliphatic hydroxyl groups excluding tert-OH is 1. The molecule has 1 saturated carbocycles. The van der Waals surface area contributed by atoms with Crippen LogP contribution in [0.15, 0.2) is 24.4 Å². The number of carbonyl (C=O) groups excluding carboxylic acids is 2. The number of benzene rings is 1. The summed E-state index contributed by atoms with van der Waals surface area (Å²) in [5.74, 6) is 0.192. The minimum atomic E-state index is -0.705. The quantitative estimate of drug-likeness (QED) is 0.576. The summed E-state index contributed by atoms with van der Waals surface area (Å²) >= 11 is 0. The minimum absolute atomic E-state index is 0.00626. The van der Waals surface area contributed by atoms with Gasteiger partial charge in [-0.3, -0.25) is 9.59 Å². The van der Waals surface area contributed by atoms with E-state index in [0.717, 1.165) is 31.1 Å². The number of amides is 2. The first-order valence-corrected chi connectivity index (χ1v) is 10.4. The number of carbonyl (C=O) groups is 2. The summed E-state index contributed by atoms with van der Waals surface area (Å²) in [6.45, 7) is 2.06. The fraction of sp³-hybridized carbons (Fsp3) is 0.524. The number of rotatable bonds is 5. The monoisotopic (exact) mass is 413 g/mol. The van der Waals surface area contributed by atoms with Crippen molar-refractivity contribution >= 4 is 28.7 Å². The summed E-state index contributed by atoms with van der Waals surface area (Å²) in [6, 6.07) is 5.39. The number of hydrogen-bond acceptors (Lipinski definition) is 7. The molecule has 2 aromatic rings. The van der Waals surface area contributed by atoms with Gasteiger partial charge in [0.05, 0.1) is 36.4 Å². The van der Waals surface area contributed by atoms with Crippen molar-refractivity contribution in [1.82, 2.24) is 20.6 Å². The lowest BCUT2D eigenvalue weighted by atomic mass is 9.91. The highest BCUT2D eigenvalue weighted by Crippen LogP contribution is 2.23. The second-order valence-corrected chi connectivity index (χ2v) is 8.02. The third kappa shape index (κ3) is 4.68. The number of nitrogens with zero attached hydrogens (tertiary/aromatic N) is 2. The van der Waals surface area contributed by atoms with Crippen molar-refractivity contribution in [3.63, 3.8) is 0 Å². The molecule has 0 spiro atoms. The molecule has 30 heavy (non-hydrogen) atoms. The van der Waals surface area contributed by atoms with Gasteiger partial charge in [-0.25, -0.2) is 9.97 Å². The van der Waals surface area contributed by atoms with Crippen LogP contribution in [0.2, 0.25) is 0 Å². The maximum absolute atomic E-state index is 12.8. The Labute approximate surface area is 174 Å². The molecule has 1 aromatic heterocycles. The fourth-order valence-corrected chi connectivity index (χ4v) is 4.09. The summed E-state index contributed by atoms with van der Waals surface area (Å²) < 4.78 is 5.20. The molecular formula is C21H27N5O4. The lowest BCUT2D eigenvalue weighted by Crippen LogP contribution is -2.42. The van der Waals surface area contributed by atoms with Crippen LogP contribution in [0.25, 0.3) is 10.9 Å². The molecule has 0 radical (unpaired) electrons. The molecule has 1 aromatic carbocycles. The molecule has 4 N–H and O–H groups in total. The van der Waals surface area contributed by atoms with Gasteiger partial charge in [0.1, 0.15) is 0 Å². The topological polar surface area (TPSA) is 125 Å². The number of aliphatic hydroxyl groups is 1. The Kier molecular flexibility index (Phi) is 6.10. The van der Waals surface area contributed by atoms with Gasteiger partial charge in [-0.1, -0.05) is 12.1 Å². The van der Waals surface area contributed by atoms with Gasteiger partial charge in [0, 0.05) is 30.6 Å². The van der Waals surface area contributed by atoms with Crippen LogP contribution < -0.4 is 16.0 Å². The van der Waals surface area contributed by atoms with Gasteiger partial charge >= 0.3 is 0 Å². The number of hydrogen-bond donors (Lipinski definition) is 4. The maximum atomic E-state index is 12.8. The van der Waals surface area contributed by atoms with E-state index in [0.29, 0.717) is 23.6 Å². The molecule has 2 atom stereocenters. The summed E-state index contributed by atoms with van der Waals surface area (Å²) in [5.41, 5.74) is 0.999. The zero-order valence-corrected chi connectivity index (χ0v) is 16.9. The number of aromatic nitrogens is 2. The van der Waals surface area contributed by atoms with Crippen LogP contribution in [0.1, 0.15) is 43.0 Å². The Morgan fingerprint density at radius 3 is 2.57 bits per heavy atom. The molecule has 160 valence electrons. The lowest BCUT2D eigenvalue weighted by molar-refractivity contribution is -0.119. The number of para-hydroxylation sites is 1. The van der Waals surface area contributed by atoms with Gasteiger partial charge in [-0.05, 0) is 31.7 Å². The van der Waals surface area contributed by atoms with Crippen LogP contribution in [0, 0.1) is 0 Å². The highest BCUT2D eigenvalue weighted by atomic mass is 16.5. The van der Waals surface area contributed by atoms with Crippen molar-refractivity contribution in [3.05, 3.63) is 30.0 Å². The Morgan fingerprint density at radius 1 is 1.10 bits per heavy atom. The smallest absolute Gasteiger partial charge is 0.253 e. The first-order valence-electron chi connectivity index (χ1n) is 10.4. The number of fused-ring (bicyclic) bond motifs is 1. The average molecular weight is 413 g/mol. The fourth-order valence-electron chi connectivity index (χ4n) is 4.09. The van der Waals surface area contributed by atoms with Gasteiger partial charge in [0.2, 0.25) is 11.9 Å². The van der Waals surface area contributed by atoms with Crippen molar-refractivity contribution in [2.24, 2.45) is 0 Å². The van der Waals surface area contributed by atoms with Crippen LogP contribution in [0.3, 0.4) is 0 Å². The SMILES string of the molecule is CC(=O)N[C@H]1CC[C@H](Nc2ncc3cccc(C(=O)N[C@H]4COC[C@@H]4O)c3n2)CC1. The Hall–Kier alpha value is -2.78. The van der Waals surface area contributed by atoms with Gasteiger partial charge < -0.3 is 25.8 Å². The van der Waals surface area contributed by atoms with E-state index in [9.17, 15) is 14.7 Å².